The minimum absolute atomic E-state index is 0.0432. The Labute approximate surface area is 105 Å². The first-order valence-electron chi connectivity index (χ1n) is 6.33. The smallest absolute Gasteiger partial charge is 0.236 e. The lowest BCUT2D eigenvalue weighted by molar-refractivity contribution is -0.136. The molecular formula is C12H18BrNO2. The highest BCUT2D eigenvalue weighted by atomic mass is 79.9. The summed E-state index contributed by atoms with van der Waals surface area (Å²) < 4.78 is 5.82. The van der Waals surface area contributed by atoms with Gasteiger partial charge in [0.15, 0.2) is 0 Å². The van der Waals surface area contributed by atoms with Gasteiger partial charge in [0.2, 0.25) is 5.91 Å². The quantitative estimate of drug-likeness (QED) is 0.727. The van der Waals surface area contributed by atoms with Crippen molar-refractivity contribution >= 4 is 21.8 Å². The second kappa shape index (κ2) is 4.30. The van der Waals surface area contributed by atoms with Crippen LogP contribution in [0.15, 0.2) is 0 Å². The predicted molar refractivity (Wildman–Crippen MR) is 64.5 cm³/mol. The lowest BCUT2D eigenvalue weighted by Gasteiger charge is -2.36. The first-order chi connectivity index (χ1) is 7.77. The average Bonchev–Trinajstić information content (AvgIpc) is 3.01. The SMILES string of the molecule is O=C1C(Br)CCCN1C1CCOC1C1CC1. The molecule has 1 aliphatic carbocycles. The van der Waals surface area contributed by atoms with E-state index in [1.807, 2.05) is 0 Å². The number of piperidine rings is 1. The third-order valence-electron chi connectivity index (χ3n) is 4.00. The van der Waals surface area contributed by atoms with Gasteiger partial charge in [0.05, 0.1) is 17.0 Å². The first kappa shape index (κ1) is 11.0. The molecule has 3 aliphatic rings. The van der Waals surface area contributed by atoms with Crippen LogP contribution in [0.4, 0.5) is 0 Å². The first-order valence-corrected chi connectivity index (χ1v) is 7.25. The van der Waals surface area contributed by atoms with Gasteiger partial charge in [-0.3, -0.25) is 4.79 Å². The fraction of sp³-hybridized carbons (Fsp3) is 0.917. The van der Waals surface area contributed by atoms with Gasteiger partial charge in [0, 0.05) is 13.2 Å². The van der Waals surface area contributed by atoms with Gasteiger partial charge in [0.25, 0.3) is 0 Å². The molecule has 1 saturated carbocycles. The van der Waals surface area contributed by atoms with Crippen LogP contribution in [-0.2, 0) is 9.53 Å². The van der Waals surface area contributed by atoms with Crippen LogP contribution < -0.4 is 0 Å². The number of rotatable bonds is 2. The van der Waals surface area contributed by atoms with E-state index in [4.69, 9.17) is 4.74 Å². The van der Waals surface area contributed by atoms with Gasteiger partial charge in [-0.05, 0) is 38.0 Å². The summed E-state index contributed by atoms with van der Waals surface area (Å²) in [7, 11) is 0. The van der Waals surface area contributed by atoms with E-state index in [1.54, 1.807) is 0 Å². The molecule has 3 fully saturated rings. The standard InChI is InChI=1S/C12H18BrNO2/c13-9-2-1-6-14(12(9)15)10-5-7-16-11(10)8-3-4-8/h8-11H,1-7H2. The van der Waals surface area contributed by atoms with Crippen molar-refractivity contribution < 1.29 is 9.53 Å². The monoisotopic (exact) mass is 287 g/mol. The fourth-order valence-corrected chi connectivity index (χ4v) is 3.58. The van der Waals surface area contributed by atoms with Crippen LogP contribution in [0.1, 0.15) is 32.1 Å². The van der Waals surface area contributed by atoms with Crippen LogP contribution in [-0.4, -0.2) is 40.9 Å². The molecule has 0 spiro atoms. The van der Waals surface area contributed by atoms with E-state index < -0.39 is 0 Å². The molecule has 3 nitrogen and oxygen atoms in total. The number of carbonyl (C=O) groups excluding carboxylic acids is 1. The number of hydrogen-bond acceptors (Lipinski definition) is 2. The largest absolute Gasteiger partial charge is 0.376 e. The second-order valence-electron chi connectivity index (χ2n) is 5.17. The van der Waals surface area contributed by atoms with Crippen molar-refractivity contribution in [1.82, 2.24) is 4.90 Å². The van der Waals surface area contributed by atoms with E-state index in [2.05, 4.69) is 20.8 Å². The van der Waals surface area contributed by atoms with Crippen molar-refractivity contribution in [1.29, 1.82) is 0 Å². The number of hydrogen-bond donors (Lipinski definition) is 0. The summed E-state index contributed by atoms with van der Waals surface area (Å²) in [6.45, 7) is 1.76. The highest BCUT2D eigenvalue weighted by molar-refractivity contribution is 9.10. The highest BCUT2D eigenvalue weighted by Gasteiger charge is 2.45. The second-order valence-corrected chi connectivity index (χ2v) is 6.28. The number of alkyl halides is 1. The van der Waals surface area contributed by atoms with Crippen molar-refractivity contribution in [3.63, 3.8) is 0 Å². The van der Waals surface area contributed by atoms with Crippen molar-refractivity contribution in [3.8, 4) is 0 Å². The topological polar surface area (TPSA) is 29.5 Å². The number of nitrogens with zero attached hydrogens (tertiary/aromatic N) is 1. The normalized spacial score (nSPS) is 40.4. The molecule has 16 heavy (non-hydrogen) atoms. The van der Waals surface area contributed by atoms with Gasteiger partial charge in [0.1, 0.15) is 0 Å². The minimum atomic E-state index is 0.0432. The maximum absolute atomic E-state index is 12.1. The Hall–Kier alpha value is -0.0900. The molecule has 0 aromatic carbocycles. The molecule has 0 bridgehead atoms. The molecule has 2 heterocycles. The zero-order chi connectivity index (χ0) is 11.1. The Kier molecular flexibility index (Phi) is 2.96. The van der Waals surface area contributed by atoms with Crippen LogP contribution in [0.3, 0.4) is 0 Å². The van der Waals surface area contributed by atoms with Gasteiger partial charge in [-0.2, -0.15) is 0 Å². The van der Waals surface area contributed by atoms with Gasteiger partial charge in [-0.1, -0.05) is 15.9 Å². The Morgan fingerprint density at radius 2 is 2.06 bits per heavy atom. The van der Waals surface area contributed by atoms with Crippen molar-refractivity contribution in [2.75, 3.05) is 13.2 Å². The van der Waals surface area contributed by atoms with E-state index in [9.17, 15) is 4.79 Å². The molecule has 0 N–H and O–H groups in total. The molecule has 90 valence electrons. The number of ether oxygens (including phenoxy) is 1. The summed E-state index contributed by atoms with van der Waals surface area (Å²) in [6.07, 6.45) is 6.06. The predicted octanol–water partition coefficient (Wildman–Crippen LogP) is 1.94. The third kappa shape index (κ3) is 1.90. The zero-order valence-electron chi connectivity index (χ0n) is 9.40. The maximum atomic E-state index is 12.1. The molecule has 0 aromatic heterocycles. The molecule has 3 rings (SSSR count). The van der Waals surface area contributed by atoms with Gasteiger partial charge < -0.3 is 9.64 Å². The minimum Gasteiger partial charge on any atom is -0.376 e. The number of likely N-dealkylation sites (tertiary alicyclic amines) is 1. The Morgan fingerprint density at radius 1 is 1.25 bits per heavy atom. The number of amides is 1. The van der Waals surface area contributed by atoms with Crippen molar-refractivity contribution in [2.24, 2.45) is 5.92 Å². The molecule has 3 unspecified atom stereocenters. The highest BCUT2D eigenvalue weighted by Crippen LogP contribution is 2.41. The fourth-order valence-electron chi connectivity index (χ4n) is 2.99. The van der Waals surface area contributed by atoms with Crippen molar-refractivity contribution in [2.45, 2.75) is 49.1 Å². The third-order valence-corrected chi connectivity index (χ3v) is 4.85. The Bertz CT molecular complexity index is 293. The summed E-state index contributed by atoms with van der Waals surface area (Å²) in [5.74, 6) is 1.02. The van der Waals surface area contributed by atoms with Crippen LogP contribution in [0.25, 0.3) is 0 Å². The van der Waals surface area contributed by atoms with Crippen LogP contribution in [0.5, 0.6) is 0 Å². The molecule has 2 aliphatic heterocycles. The number of halogens is 1. The van der Waals surface area contributed by atoms with E-state index in [0.29, 0.717) is 12.1 Å². The molecule has 0 aromatic rings. The Balaban J connectivity index is 1.72. The van der Waals surface area contributed by atoms with E-state index in [-0.39, 0.29) is 10.7 Å². The van der Waals surface area contributed by atoms with Crippen molar-refractivity contribution in [3.05, 3.63) is 0 Å². The molecule has 1 amide bonds. The molecule has 4 heteroatoms. The van der Waals surface area contributed by atoms with Gasteiger partial charge in [-0.25, -0.2) is 0 Å². The zero-order valence-corrected chi connectivity index (χ0v) is 11.0. The van der Waals surface area contributed by atoms with E-state index in [1.165, 1.54) is 12.8 Å². The van der Waals surface area contributed by atoms with Gasteiger partial charge >= 0.3 is 0 Å². The Morgan fingerprint density at radius 3 is 2.81 bits per heavy atom. The van der Waals surface area contributed by atoms with Crippen LogP contribution >= 0.6 is 15.9 Å². The van der Waals surface area contributed by atoms with E-state index in [0.717, 1.165) is 38.3 Å². The average molecular weight is 288 g/mol. The summed E-state index contributed by atoms with van der Waals surface area (Å²) in [5.41, 5.74) is 0. The van der Waals surface area contributed by atoms with Crippen LogP contribution in [0, 0.1) is 5.92 Å². The van der Waals surface area contributed by atoms with E-state index >= 15 is 0 Å². The molecule has 0 radical (unpaired) electrons. The van der Waals surface area contributed by atoms with Gasteiger partial charge in [-0.15, -0.1) is 0 Å². The number of carbonyl (C=O) groups is 1. The summed E-state index contributed by atoms with van der Waals surface area (Å²) >= 11 is 3.48. The maximum Gasteiger partial charge on any atom is 0.236 e. The lowest BCUT2D eigenvalue weighted by atomic mass is 10.0. The molecular weight excluding hydrogens is 270 g/mol. The molecule has 3 atom stereocenters. The lowest BCUT2D eigenvalue weighted by Crippen LogP contribution is -2.51. The summed E-state index contributed by atoms with van der Waals surface area (Å²) in [6, 6.07) is 0.361. The summed E-state index contributed by atoms with van der Waals surface area (Å²) in [4.78, 5) is 14.2. The summed E-state index contributed by atoms with van der Waals surface area (Å²) in [5, 5.41) is 0. The van der Waals surface area contributed by atoms with Crippen LogP contribution in [0.2, 0.25) is 0 Å². The molecule has 2 saturated heterocycles.